The zero-order valence-electron chi connectivity index (χ0n) is 70.5. The third-order valence-corrected chi connectivity index (χ3v) is 31.1. The summed E-state index contributed by atoms with van der Waals surface area (Å²) in [4.78, 5) is 119. The minimum absolute atomic E-state index is 0.00942. The van der Waals surface area contributed by atoms with Crippen LogP contribution in [0.25, 0.3) is 66.9 Å². The molecule has 6 aromatic carbocycles. The molecule has 3 fully saturated rings. The van der Waals surface area contributed by atoms with E-state index in [9.17, 15) is 102 Å². The van der Waals surface area contributed by atoms with Gasteiger partial charge in [0.2, 0.25) is 35.2 Å². The van der Waals surface area contributed by atoms with Crippen LogP contribution in [0.1, 0.15) is 35.4 Å². The van der Waals surface area contributed by atoms with E-state index in [1.807, 2.05) is 127 Å². The molecule has 3 saturated heterocycles. The summed E-state index contributed by atoms with van der Waals surface area (Å²) in [5, 5.41) is 65.3. The lowest BCUT2D eigenvalue weighted by atomic mass is 10.0. The van der Waals surface area contributed by atoms with Gasteiger partial charge in [0, 0.05) is 53.3 Å². The molecule has 56 heteroatoms. The summed E-state index contributed by atoms with van der Waals surface area (Å²) in [7, 11) is -29.9. The first kappa shape index (κ1) is 98.4. The van der Waals surface area contributed by atoms with E-state index in [4.69, 9.17) is 56.6 Å². The van der Waals surface area contributed by atoms with Crippen LogP contribution in [0.2, 0.25) is 5.02 Å². The molecular weight excluding hydrogens is 1950 g/mol. The highest BCUT2D eigenvalue weighted by Crippen LogP contribution is 2.63. The summed E-state index contributed by atoms with van der Waals surface area (Å²) in [5.74, 6) is -1.24. The Hall–Kier alpha value is -11.6. The number of halogens is 2. The van der Waals surface area contributed by atoms with Gasteiger partial charge in [0.1, 0.15) is 60.8 Å². The highest BCUT2D eigenvalue weighted by molar-refractivity contribution is 7.64. The van der Waals surface area contributed by atoms with Crippen LogP contribution in [-0.2, 0) is 87.7 Å². The first-order valence-electron chi connectivity index (χ1n) is 40.8. The highest BCUT2D eigenvalue weighted by Gasteiger charge is 2.53. The molecule has 21 N–H and O–H groups in total. The molecule has 18 atom stereocenters. The fourth-order valence-electron chi connectivity index (χ4n) is 15.3. The Labute approximate surface area is 775 Å². The van der Waals surface area contributed by atoms with Gasteiger partial charge in [0.15, 0.2) is 19.0 Å². The van der Waals surface area contributed by atoms with E-state index in [0.29, 0.717) is 23.6 Å². The highest BCUT2D eigenvalue weighted by atomic mass is 35.5. The molecule has 0 spiro atoms. The van der Waals surface area contributed by atoms with Gasteiger partial charge in [-0.25, -0.2) is 45.5 Å². The van der Waals surface area contributed by atoms with Crippen molar-refractivity contribution in [1.82, 2.24) is 56.6 Å². The lowest BCUT2D eigenvalue weighted by molar-refractivity contribution is -0.746. The number of nitrogens with zero attached hydrogens (tertiary/aromatic N) is 12. The number of nitrogens with one attached hydrogen (secondary N) is 3. The van der Waals surface area contributed by atoms with Crippen LogP contribution in [0.3, 0.4) is 0 Å². The zero-order chi connectivity index (χ0) is 97.5. The SMILES string of the molecule is Nc1nc2c(c(=O)[nH]1)n(Cc1ccc(-c3ccccc3)c(Cl)c1)c[n+]2C1OC(COP(=O)(O)OP(=O)(O)n2cccc2)[C@H](O)[C@@H]1O.Nc1nc2c(c(=O)[nH]1)n(Cc1ccc(-c3ccccc3)cc1)c[n+]2C1OC(COP(=O)(O)OP(=O)(O)n2cccc2)[C@H](O)[C@@H]1O.Nc1nc2c(c(=O)[nH]1)n(Cc1ccc(-c3ccccc3)cc1F)c[n+]2C1OC(COP(=O)(O)OP(=O)(O)n2cccc2)[C@H](O)[C@@H]1O. The van der Waals surface area contributed by atoms with Crippen LogP contribution in [0, 0.1) is 5.82 Å². The van der Waals surface area contributed by atoms with Crippen molar-refractivity contribution >= 4 is 110 Å². The van der Waals surface area contributed by atoms with Gasteiger partial charge < -0.3 is 91.4 Å². The summed E-state index contributed by atoms with van der Waals surface area (Å²) >= 11 is 6.60. The van der Waals surface area contributed by atoms with E-state index in [2.05, 4.69) is 42.8 Å². The molecule has 9 aromatic heterocycles. The van der Waals surface area contributed by atoms with Crippen molar-refractivity contribution in [2.75, 3.05) is 37.0 Å². The maximum atomic E-state index is 15.3. The van der Waals surface area contributed by atoms with Crippen molar-refractivity contribution in [3.05, 3.63) is 303 Å². The standard InChI is InChI=1S/C27H27ClN6O10P2.C27H27FN6O10P2.C27H28N6O10P2/c28-19-12-16(8-9-18(19)17-6-2-1-3-7-17)13-32-15-34(24-21(32)25(37)31-27(29)30-24)26-23(36)22(35)20(43-26)14-42-46(40,41)44-45(38,39)33-10-4-5-11-33;28-19-12-17(16-6-2-1-3-7-16)8-9-18(19)13-32-15-34(24-21(32)25(37)31-27(29)30-24)26-23(36)22(35)20(43-26)14-42-46(40,41)44-45(38,39)33-10-4-5-11-33;28-27-29-24-21(25(36)30-27)31(14-17-8-10-19(11-9-17)18-6-2-1-3-7-18)16-33(24)26-23(35)22(34)20(42-26)15-41-45(39,40)43-44(37,38)32-12-4-5-13-32/h2*1-12,15,20,22-23,26,35-36H,13-14H2,(H4-,29,30,31,37,38,39,40,41);1-13,16,20,22-23,26,34-35H,14-15H2,(H4-,28,29,30,36,37,38,39,40)/p+3/t3*20?,22-,23-,26?/m000/s1. The van der Waals surface area contributed by atoms with Crippen molar-refractivity contribution in [1.29, 1.82) is 0 Å². The third kappa shape index (κ3) is 21.9. The van der Waals surface area contributed by atoms with Crippen molar-refractivity contribution in [3.63, 3.8) is 0 Å². The van der Waals surface area contributed by atoms with Crippen LogP contribution >= 0.6 is 58.3 Å². The molecule has 3 aliphatic rings. The molecule has 137 heavy (non-hydrogen) atoms. The molecular formula is C81H85ClFN18O30P6+3. The van der Waals surface area contributed by atoms with Crippen molar-refractivity contribution < 1.29 is 146 Å². The fourth-order valence-corrected chi connectivity index (χ4v) is 22.9. The topological polar surface area (TPSA) is 685 Å². The number of H-pyrrole nitrogens is 3. The molecule has 0 aliphatic carbocycles. The molecule has 0 saturated carbocycles. The molecule has 720 valence electrons. The van der Waals surface area contributed by atoms with Gasteiger partial charge in [-0.15, -0.1) is 0 Å². The summed E-state index contributed by atoms with van der Waals surface area (Å²) in [6, 6.07) is 54.8. The largest absolute Gasteiger partial charge is 0.480 e. The van der Waals surface area contributed by atoms with Crippen LogP contribution in [0.5, 0.6) is 0 Å². The molecule has 3 aliphatic heterocycles. The Bertz CT molecular complexity index is 7420. The zero-order valence-corrected chi connectivity index (χ0v) is 76.6. The number of aromatic amines is 3. The second-order valence-electron chi connectivity index (χ2n) is 31.1. The summed E-state index contributed by atoms with van der Waals surface area (Å²) < 4.78 is 145. The van der Waals surface area contributed by atoms with Crippen LogP contribution in [0.4, 0.5) is 22.2 Å². The summed E-state index contributed by atoms with van der Waals surface area (Å²) in [5.41, 5.74) is 22.7. The van der Waals surface area contributed by atoms with Gasteiger partial charge in [0.25, 0.3) is 34.5 Å². The van der Waals surface area contributed by atoms with E-state index in [1.54, 1.807) is 22.8 Å². The maximum Gasteiger partial charge on any atom is 0.480 e. The van der Waals surface area contributed by atoms with Crippen LogP contribution in [0.15, 0.2) is 259 Å². The average Bonchev–Trinajstić information content (AvgIpc) is 1.60. The number of nitrogen functional groups attached to an aromatic ring is 3. The summed E-state index contributed by atoms with van der Waals surface area (Å²) in [6.07, 6.45) is -7.23. The average molecular weight is 2030 g/mol. The Morgan fingerprint density at radius 2 is 0.693 bits per heavy atom. The Morgan fingerprint density at radius 3 is 1.04 bits per heavy atom. The molecule has 12 heterocycles. The van der Waals surface area contributed by atoms with E-state index < -0.39 is 163 Å². The quantitative estimate of drug-likeness (QED) is 0.0200. The number of imidazole rings is 3. The van der Waals surface area contributed by atoms with Crippen molar-refractivity contribution in [2.45, 2.75) is 93.3 Å². The molecule has 15 aromatic rings. The van der Waals surface area contributed by atoms with Crippen LogP contribution in [-0.4, -0.2) is 191 Å². The predicted molar refractivity (Wildman–Crippen MR) is 480 cm³/mol. The maximum absolute atomic E-state index is 15.3. The minimum atomic E-state index is -5.19. The molecule has 0 bridgehead atoms. The monoisotopic (exact) mass is 2030 g/mol. The van der Waals surface area contributed by atoms with E-state index in [-0.39, 0.29) is 76.5 Å². The molecule has 48 nitrogen and oxygen atoms in total. The van der Waals surface area contributed by atoms with Crippen molar-refractivity contribution in [3.8, 4) is 33.4 Å². The number of fused-ring (bicyclic) bond motifs is 3. The number of anilines is 3. The van der Waals surface area contributed by atoms with E-state index in [1.165, 1.54) is 84.3 Å². The molecule has 0 amide bonds. The normalized spacial score (nSPS) is 22.6. The number of hydrogen-bond acceptors (Lipinski definition) is 30. The second kappa shape index (κ2) is 40.1. The van der Waals surface area contributed by atoms with E-state index >= 15 is 4.39 Å². The number of benzene rings is 6. The molecule has 18 rings (SSSR count). The van der Waals surface area contributed by atoms with Gasteiger partial charge in [-0.3, -0.25) is 69.6 Å². The fraction of sp³-hybridized carbons (Fsp3) is 0.222. The Morgan fingerprint density at radius 1 is 0.387 bits per heavy atom. The van der Waals surface area contributed by atoms with Gasteiger partial charge in [0.05, 0.1) is 39.5 Å². The number of aliphatic hydroxyl groups excluding tert-OH is 6. The lowest BCUT2D eigenvalue weighted by Crippen LogP contribution is -2.46. The smallest absolute Gasteiger partial charge is 0.387 e. The number of ether oxygens (including phenoxy) is 3. The number of phosphoric acid groups is 3. The Balaban J connectivity index is 0.000000149. The number of hydrogen-bond donors (Lipinski definition) is 18. The number of aliphatic hydroxyl groups is 6. The first-order valence-corrected chi connectivity index (χ1v) is 50.2. The Kier molecular flexibility index (Phi) is 28.8. The van der Waals surface area contributed by atoms with Crippen molar-refractivity contribution in [2.24, 2.45) is 0 Å². The summed E-state index contributed by atoms with van der Waals surface area (Å²) in [6.45, 7) is -2.28. The van der Waals surface area contributed by atoms with Gasteiger partial charge in [-0.2, -0.15) is 12.9 Å². The second-order valence-corrected chi connectivity index (χ2v) is 41.4. The third-order valence-electron chi connectivity index (χ3n) is 21.8. The van der Waals surface area contributed by atoms with Gasteiger partial charge in [-0.05, 0) is 87.5 Å². The number of phosphoric ester groups is 3. The number of aromatic nitrogens is 15. The lowest BCUT2D eigenvalue weighted by Gasteiger charge is -2.19. The van der Waals surface area contributed by atoms with Crippen LogP contribution < -0.4 is 47.6 Å². The number of nitrogens with two attached hydrogens (primary N) is 3. The molecule has 0 radical (unpaired) electrons. The van der Waals surface area contributed by atoms with Gasteiger partial charge >= 0.3 is 63.6 Å². The number of rotatable bonds is 30. The van der Waals surface area contributed by atoms with Gasteiger partial charge in [-0.1, -0.05) is 166 Å². The van der Waals surface area contributed by atoms with E-state index in [0.717, 1.165) is 76.1 Å². The minimum Gasteiger partial charge on any atom is -0.387 e. The first-order chi connectivity index (χ1) is 65.1. The predicted octanol–water partition coefficient (Wildman–Crippen LogP) is 5.33. The molecule has 12 unspecified atom stereocenters.